The smallest absolute Gasteiger partial charge is 0.326 e. The van der Waals surface area contributed by atoms with Crippen LogP contribution in [0, 0.1) is 0 Å². The first-order valence-electron chi connectivity index (χ1n) is 8.48. The molecule has 0 aromatic carbocycles. The van der Waals surface area contributed by atoms with E-state index in [4.69, 9.17) is 27.4 Å². The lowest BCUT2D eigenvalue weighted by Crippen LogP contribution is -2.57. The first-order valence-corrected chi connectivity index (χ1v) is 8.48. The first kappa shape index (κ1) is 26.2. The summed E-state index contributed by atoms with van der Waals surface area (Å²) in [5.74, 6) is -7.97. The summed E-state index contributed by atoms with van der Waals surface area (Å²) >= 11 is 0. The molecular formula is C15H24N6O9. The van der Waals surface area contributed by atoms with Gasteiger partial charge < -0.3 is 43.4 Å². The second-order valence-corrected chi connectivity index (χ2v) is 6.06. The Morgan fingerprint density at radius 1 is 0.733 bits per heavy atom. The van der Waals surface area contributed by atoms with Gasteiger partial charge in [-0.3, -0.25) is 28.8 Å². The lowest BCUT2D eigenvalue weighted by atomic mass is 10.1. The third-order valence-corrected chi connectivity index (χ3v) is 3.55. The molecule has 0 spiro atoms. The maximum atomic E-state index is 12.4. The van der Waals surface area contributed by atoms with Crippen LogP contribution < -0.4 is 33.2 Å². The lowest BCUT2D eigenvalue weighted by molar-refractivity contribution is -0.147. The van der Waals surface area contributed by atoms with Crippen molar-refractivity contribution in [1.29, 1.82) is 0 Å². The monoisotopic (exact) mass is 432 g/mol. The van der Waals surface area contributed by atoms with E-state index in [1.165, 1.54) is 0 Å². The van der Waals surface area contributed by atoms with E-state index < -0.39 is 79.0 Å². The number of hydrogen-bond acceptors (Lipinski definition) is 8. The van der Waals surface area contributed by atoms with E-state index in [0.717, 1.165) is 0 Å². The lowest BCUT2D eigenvalue weighted by Gasteiger charge is -2.23. The number of aliphatic carboxylic acids is 2. The predicted octanol–water partition coefficient (Wildman–Crippen LogP) is -4.90. The van der Waals surface area contributed by atoms with Crippen LogP contribution in [0.15, 0.2) is 0 Å². The molecule has 3 atom stereocenters. The molecule has 0 saturated carbocycles. The van der Waals surface area contributed by atoms with Gasteiger partial charge in [0.15, 0.2) is 0 Å². The second-order valence-electron chi connectivity index (χ2n) is 6.06. The SMILES string of the molecule is NCC(=O)NC(CCC(N)=O)C(=O)NC(CC(N)=O)C(=O)NC(CC(=O)O)C(=O)O. The molecule has 30 heavy (non-hydrogen) atoms. The third kappa shape index (κ3) is 10.5. The minimum Gasteiger partial charge on any atom is -0.481 e. The highest BCUT2D eigenvalue weighted by Crippen LogP contribution is 2.02. The van der Waals surface area contributed by atoms with Gasteiger partial charge in [-0.1, -0.05) is 0 Å². The molecule has 0 aliphatic carbocycles. The number of carbonyl (C=O) groups is 7. The highest BCUT2D eigenvalue weighted by Gasteiger charge is 2.31. The summed E-state index contributed by atoms with van der Waals surface area (Å²) in [7, 11) is 0. The maximum Gasteiger partial charge on any atom is 0.326 e. The van der Waals surface area contributed by atoms with Crippen molar-refractivity contribution >= 4 is 41.5 Å². The highest BCUT2D eigenvalue weighted by molar-refractivity contribution is 5.96. The second kappa shape index (κ2) is 12.7. The number of nitrogens with one attached hydrogen (secondary N) is 3. The fourth-order valence-electron chi connectivity index (χ4n) is 2.14. The van der Waals surface area contributed by atoms with Crippen molar-refractivity contribution in [1.82, 2.24) is 16.0 Å². The largest absolute Gasteiger partial charge is 0.481 e. The highest BCUT2D eigenvalue weighted by atomic mass is 16.4. The molecule has 0 saturated heterocycles. The Morgan fingerprint density at radius 3 is 1.70 bits per heavy atom. The average molecular weight is 432 g/mol. The van der Waals surface area contributed by atoms with Crippen molar-refractivity contribution in [3.63, 3.8) is 0 Å². The standard InChI is InChI=1S/C15H24N6O9/c16-5-11(24)19-6(1-2-9(17)22)13(27)20-7(3-10(18)23)14(28)21-8(15(29)30)4-12(25)26/h6-8H,1-5,16H2,(H2,17,22)(H2,18,23)(H,19,24)(H,20,27)(H,21,28)(H,25,26)(H,29,30). The fraction of sp³-hybridized carbons (Fsp3) is 0.533. The number of hydrogen-bond donors (Lipinski definition) is 8. The zero-order valence-electron chi connectivity index (χ0n) is 15.8. The summed E-state index contributed by atoms with van der Waals surface area (Å²) in [5.41, 5.74) is 15.2. The van der Waals surface area contributed by atoms with E-state index in [1.54, 1.807) is 0 Å². The summed E-state index contributed by atoms with van der Waals surface area (Å²) in [4.78, 5) is 80.2. The molecule has 0 aromatic heterocycles. The van der Waals surface area contributed by atoms with Crippen molar-refractivity contribution in [2.75, 3.05) is 6.54 Å². The number of carbonyl (C=O) groups excluding carboxylic acids is 5. The summed E-state index contributed by atoms with van der Waals surface area (Å²) in [6.07, 6.45) is -2.29. The van der Waals surface area contributed by atoms with E-state index in [-0.39, 0.29) is 12.8 Å². The molecule has 0 rings (SSSR count). The van der Waals surface area contributed by atoms with Gasteiger partial charge in [-0.25, -0.2) is 4.79 Å². The Kier molecular flexibility index (Phi) is 11.1. The quantitative estimate of drug-likeness (QED) is 0.129. The van der Waals surface area contributed by atoms with Gasteiger partial charge in [0.1, 0.15) is 18.1 Å². The van der Waals surface area contributed by atoms with Crippen molar-refractivity contribution in [3.05, 3.63) is 0 Å². The maximum absolute atomic E-state index is 12.4. The van der Waals surface area contributed by atoms with Crippen molar-refractivity contribution in [3.8, 4) is 0 Å². The van der Waals surface area contributed by atoms with Gasteiger partial charge in [-0.05, 0) is 6.42 Å². The minimum atomic E-state index is -1.84. The molecule has 11 N–H and O–H groups in total. The van der Waals surface area contributed by atoms with Crippen LogP contribution in [-0.4, -0.2) is 76.4 Å². The van der Waals surface area contributed by atoms with Crippen molar-refractivity contribution in [2.45, 2.75) is 43.8 Å². The number of nitrogens with two attached hydrogens (primary N) is 3. The number of rotatable bonds is 14. The zero-order valence-corrected chi connectivity index (χ0v) is 15.8. The van der Waals surface area contributed by atoms with Gasteiger partial charge >= 0.3 is 11.9 Å². The van der Waals surface area contributed by atoms with E-state index in [1.807, 2.05) is 5.32 Å². The number of carboxylic acids is 2. The summed E-state index contributed by atoms with van der Waals surface area (Å²) in [6, 6.07) is -4.88. The molecule has 0 heterocycles. The van der Waals surface area contributed by atoms with Crippen LogP contribution in [0.2, 0.25) is 0 Å². The first-order chi connectivity index (χ1) is 13.9. The van der Waals surface area contributed by atoms with Crippen LogP contribution in [0.1, 0.15) is 25.7 Å². The number of carboxylic acid groups (broad SMARTS) is 2. The van der Waals surface area contributed by atoms with E-state index >= 15 is 0 Å². The molecule has 15 nitrogen and oxygen atoms in total. The Bertz CT molecular complexity index is 711. The summed E-state index contributed by atoms with van der Waals surface area (Å²) < 4.78 is 0. The van der Waals surface area contributed by atoms with Gasteiger partial charge in [-0.2, -0.15) is 0 Å². The van der Waals surface area contributed by atoms with Crippen molar-refractivity contribution in [2.24, 2.45) is 17.2 Å². The molecule has 0 aliphatic heterocycles. The van der Waals surface area contributed by atoms with Crippen LogP contribution in [-0.2, 0) is 33.6 Å². The molecule has 5 amide bonds. The van der Waals surface area contributed by atoms with E-state index in [2.05, 4.69) is 10.6 Å². The number of primary amides is 2. The van der Waals surface area contributed by atoms with Crippen LogP contribution >= 0.6 is 0 Å². The third-order valence-electron chi connectivity index (χ3n) is 3.55. The predicted molar refractivity (Wildman–Crippen MR) is 97.0 cm³/mol. The molecule has 3 unspecified atom stereocenters. The van der Waals surface area contributed by atoms with Crippen LogP contribution in [0.5, 0.6) is 0 Å². The molecule has 0 bridgehead atoms. The van der Waals surface area contributed by atoms with Crippen LogP contribution in [0.25, 0.3) is 0 Å². The molecule has 0 aliphatic rings. The Balaban J connectivity index is 5.44. The molecular weight excluding hydrogens is 408 g/mol. The average Bonchev–Trinajstić information content (AvgIpc) is 2.62. The molecule has 0 fully saturated rings. The molecule has 0 aromatic rings. The zero-order chi connectivity index (χ0) is 23.4. The molecule has 168 valence electrons. The Hall–Kier alpha value is -3.75. The Morgan fingerprint density at radius 2 is 1.27 bits per heavy atom. The van der Waals surface area contributed by atoms with Crippen molar-refractivity contribution < 1.29 is 43.8 Å². The Labute approximate surface area is 169 Å². The van der Waals surface area contributed by atoms with E-state index in [0.29, 0.717) is 0 Å². The van der Waals surface area contributed by atoms with Crippen LogP contribution in [0.3, 0.4) is 0 Å². The van der Waals surface area contributed by atoms with Gasteiger partial charge in [0.25, 0.3) is 0 Å². The van der Waals surface area contributed by atoms with Gasteiger partial charge in [0, 0.05) is 6.42 Å². The normalized spacial score (nSPS) is 13.2. The van der Waals surface area contributed by atoms with Crippen LogP contribution in [0.4, 0.5) is 0 Å². The number of amides is 5. The van der Waals surface area contributed by atoms with E-state index in [9.17, 15) is 33.6 Å². The minimum absolute atomic E-state index is 0.255. The topological polar surface area (TPSA) is 274 Å². The molecule has 15 heteroatoms. The van der Waals surface area contributed by atoms with Gasteiger partial charge in [0.05, 0.1) is 19.4 Å². The van der Waals surface area contributed by atoms with Gasteiger partial charge in [0.2, 0.25) is 29.5 Å². The summed E-state index contributed by atoms with van der Waals surface area (Å²) in [5, 5.41) is 23.9. The van der Waals surface area contributed by atoms with Gasteiger partial charge in [-0.15, -0.1) is 0 Å². The fourth-order valence-corrected chi connectivity index (χ4v) is 2.14. The molecule has 0 radical (unpaired) electrons. The summed E-state index contributed by atoms with van der Waals surface area (Å²) in [6.45, 7) is -0.485.